The molecule has 1 unspecified atom stereocenters. The largest absolute Gasteiger partial charge is 0.341 e. The van der Waals surface area contributed by atoms with Crippen LogP contribution in [0.1, 0.15) is 62.2 Å². The quantitative estimate of drug-likeness (QED) is 0.831. The molecule has 2 saturated heterocycles. The maximum atomic E-state index is 12.0. The van der Waals surface area contributed by atoms with Crippen molar-refractivity contribution in [3.63, 3.8) is 0 Å². The second-order valence-corrected chi connectivity index (χ2v) is 7.80. The van der Waals surface area contributed by atoms with Gasteiger partial charge in [0, 0.05) is 25.6 Å². The zero-order valence-electron chi connectivity index (χ0n) is 13.5. The molecule has 5 rings (SSSR count). The lowest BCUT2D eigenvalue weighted by Gasteiger charge is -2.37. The first-order valence-electron chi connectivity index (χ1n) is 9.14. The predicted octanol–water partition coefficient (Wildman–Crippen LogP) is 1.95. The zero-order valence-corrected chi connectivity index (χ0v) is 13.5. The van der Waals surface area contributed by atoms with E-state index in [1.165, 1.54) is 25.8 Å². The minimum absolute atomic E-state index is 0.272. The van der Waals surface area contributed by atoms with Gasteiger partial charge in [-0.1, -0.05) is 5.16 Å². The Balaban J connectivity index is 1.21. The lowest BCUT2D eigenvalue weighted by atomic mass is 9.99. The molecule has 0 radical (unpaired) electrons. The smallest absolute Gasteiger partial charge is 0.244 e. The van der Waals surface area contributed by atoms with Gasteiger partial charge in [0.1, 0.15) is 0 Å². The number of nitrogens with zero attached hydrogens (tertiary/aromatic N) is 4. The Labute approximate surface area is 136 Å². The van der Waals surface area contributed by atoms with Crippen LogP contribution in [0.25, 0.3) is 0 Å². The first-order chi connectivity index (χ1) is 11.3. The van der Waals surface area contributed by atoms with E-state index in [-0.39, 0.29) is 5.92 Å². The Hall–Kier alpha value is -1.43. The number of carbonyl (C=O) groups is 1. The molecule has 6 heteroatoms. The minimum Gasteiger partial charge on any atom is -0.341 e. The summed E-state index contributed by atoms with van der Waals surface area (Å²) in [6.07, 6.45) is 7.26. The number of hydrogen-bond donors (Lipinski definition) is 0. The van der Waals surface area contributed by atoms with E-state index in [1.807, 2.05) is 4.90 Å². The molecule has 1 atom stereocenters. The molecule has 1 aromatic rings. The van der Waals surface area contributed by atoms with Crippen molar-refractivity contribution in [3.05, 3.63) is 11.7 Å². The predicted molar refractivity (Wildman–Crippen MR) is 82.6 cm³/mol. The average molecular weight is 316 g/mol. The van der Waals surface area contributed by atoms with Gasteiger partial charge in [-0.15, -0.1) is 0 Å². The molecule has 6 nitrogen and oxygen atoms in total. The number of likely N-dealkylation sites (tertiary alicyclic amines) is 2. The molecule has 3 heterocycles. The van der Waals surface area contributed by atoms with Crippen LogP contribution < -0.4 is 0 Å². The fourth-order valence-corrected chi connectivity index (χ4v) is 3.92. The number of hydrogen-bond acceptors (Lipinski definition) is 5. The zero-order chi connectivity index (χ0) is 15.4. The van der Waals surface area contributed by atoms with Gasteiger partial charge in [-0.25, -0.2) is 0 Å². The van der Waals surface area contributed by atoms with Gasteiger partial charge in [-0.2, -0.15) is 4.98 Å². The molecular weight excluding hydrogens is 292 g/mol. The van der Waals surface area contributed by atoms with Gasteiger partial charge in [0.2, 0.25) is 11.8 Å². The van der Waals surface area contributed by atoms with E-state index in [1.54, 1.807) is 0 Å². The highest BCUT2D eigenvalue weighted by atomic mass is 16.5. The molecule has 0 aromatic carbocycles. The molecule has 23 heavy (non-hydrogen) atoms. The van der Waals surface area contributed by atoms with E-state index in [4.69, 9.17) is 4.52 Å². The van der Waals surface area contributed by atoms with Crippen molar-refractivity contribution in [2.75, 3.05) is 26.2 Å². The Morgan fingerprint density at radius 3 is 2.74 bits per heavy atom. The fraction of sp³-hybridized carbons (Fsp3) is 0.824. The summed E-state index contributed by atoms with van der Waals surface area (Å²) in [5.41, 5.74) is 0. The molecule has 0 spiro atoms. The van der Waals surface area contributed by atoms with Crippen LogP contribution in [0.2, 0.25) is 0 Å². The molecule has 2 saturated carbocycles. The van der Waals surface area contributed by atoms with Crippen molar-refractivity contribution in [1.82, 2.24) is 19.9 Å². The van der Waals surface area contributed by atoms with Gasteiger partial charge < -0.3 is 9.42 Å². The second-order valence-electron chi connectivity index (χ2n) is 7.80. The fourth-order valence-electron chi connectivity index (χ4n) is 3.92. The molecule has 1 aromatic heterocycles. The van der Waals surface area contributed by atoms with Crippen LogP contribution in [0.15, 0.2) is 4.52 Å². The average Bonchev–Trinajstić information content (AvgIpc) is 3.40. The van der Waals surface area contributed by atoms with Crippen molar-refractivity contribution in [1.29, 1.82) is 0 Å². The summed E-state index contributed by atoms with van der Waals surface area (Å²) in [6.45, 7) is 3.89. The van der Waals surface area contributed by atoms with Crippen molar-refractivity contribution in [3.8, 4) is 0 Å². The Kier molecular flexibility index (Phi) is 3.21. The van der Waals surface area contributed by atoms with Crippen molar-refractivity contribution >= 4 is 5.91 Å². The molecule has 2 aliphatic heterocycles. The van der Waals surface area contributed by atoms with E-state index in [0.717, 1.165) is 56.5 Å². The SMILES string of the molecule is O=C(C1CC1)N1CC(c2noc(C3CCCN3CC3CC3)n2)C1. The highest BCUT2D eigenvalue weighted by Crippen LogP contribution is 2.38. The summed E-state index contributed by atoms with van der Waals surface area (Å²) in [7, 11) is 0. The Bertz CT molecular complexity index is 601. The number of carbonyl (C=O) groups excluding carboxylic acids is 1. The maximum absolute atomic E-state index is 12.0. The first-order valence-corrected chi connectivity index (χ1v) is 9.14. The minimum atomic E-state index is 0.272. The Morgan fingerprint density at radius 2 is 2.00 bits per heavy atom. The van der Waals surface area contributed by atoms with Gasteiger partial charge in [0.15, 0.2) is 5.82 Å². The van der Waals surface area contributed by atoms with Gasteiger partial charge in [-0.05, 0) is 51.0 Å². The third-order valence-corrected chi connectivity index (χ3v) is 5.78. The van der Waals surface area contributed by atoms with Crippen LogP contribution in [0.5, 0.6) is 0 Å². The Morgan fingerprint density at radius 1 is 1.17 bits per heavy atom. The van der Waals surface area contributed by atoms with Crippen molar-refractivity contribution in [2.45, 2.75) is 50.5 Å². The van der Waals surface area contributed by atoms with Crippen molar-refractivity contribution < 1.29 is 9.32 Å². The summed E-state index contributed by atoms with van der Waals surface area (Å²) in [6, 6.07) is 0.320. The molecular formula is C17H24N4O2. The van der Waals surface area contributed by atoms with Crippen LogP contribution >= 0.6 is 0 Å². The number of aromatic nitrogens is 2. The summed E-state index contributed by atoms with van der Waals surface area (Å²) in [5.74, 6) is 3.41. The van der Waals surface area contributed by atoms with Gasteiger partial charge in [0.25, 0.3) is 0 Å². The highest BCUT2D eigenvalue weighted by Gasteiger charge is 2.42. The number of rotatable bonds is 5. The number of amides is 1. The molecule has 124 valence electrons. The van der Waals surface area contributed by atoms with E-state index in [2.05, 4.69) is 15.0 Å². The van der Waals surface area contributed by atoms with Crippen LogP contribution in [0.3, 0.4) is 0 Å². The molecule has 4 fully saturated rings. The molecule has 0 bridgehead atoms. The van der Waals surface area contributed by atoms with Gasteiger partial charge in [0.05, 0.1) is 12.0 Å². The molecule has 2 aliphatic carbocycles. The molecule has 4 aliphatic rings. The van der Waals surface area contributed by atoms with Crippen LogP contribution in [-0.2, 0) is 4.79 Å². The standard InChI is InChI=1S/C17H24N4O2/c22-17(12-5-6-12)21-9-13(10-21)15-18-16(23-19-15)14-2-1-7-20(14)8-11-3-4-11/h11-14H,1-10H2. The van der Waals surface area contributed by atoms with E-state index in [0.29, 0.717) is 17.9 Å². The maximum Gasteiger partial charge on any atom is 0.244 e. The third-order valence-electron chi connectivity index (χ3n) is 5.78. The monoisotopic (exact) mass is 316 g/mol. The van der Waals surface area contributed by atoms with Gasteiger partial charge in [-0.3, -0.25) is 9.69 Å². The second kappa shape index (κ2) is 5.30. The molecule has 1 amide bonds. The summed E-state index contributed by atoms with van der Waals surface area (Å²) in [4.78, 5) is 21.2. The normalized spacial score (nSPS) is 29.0. The van der Waals surface area contributed by atoms with E-state index in [9.17, 15) is 4.79 Å². The summed E-state index contributed by atoms with van der Waals surface area (Å²) >= 11 is 0. The van der Waals surface area contributed by atoms with Gasteiger partial charge >= 0.3 is 0 Å². The van der Waals surface area contributed by atoms with Crippen molar-refractivity contribution in [2.24, 2.45) is 11.8 Å². The molecule has 0 N–H and O–H groups in total. The summed E-state index contributed by atoms with van der Waals surface area (Å²) < 4.78 is 5.59. The van der Waals surface area contributed by atoms with Crippen LogP contribution in [-0.4, -0.2) is 52.0 Å². The first kappa shape index (κ1) is 14.0. The van der Waals surface area contributed by atoms with E-state index >= 15 is 0 Å². The lowest BCUT2D eigenvalue weighted by molar-refractivity contribution is -0.137. The van der Waals surface area contributed by atoms with E-state index < -0.39 is 0 Å². The topological polar surface area (TPSA) is 62.5 Å². The summed E-state index contributed by atoms with van der Waals surface area (Å²) in [5, 5.41) is 4.22. The van der Waals surface area contributed by atoms with Crippen LogP contribution in [0.4, 0.5) is 0 Å². The van der Waals surface area contributed by atoms with Crippen LogP contribution in [0, 0.1) is 11.8 Å². The highest BCUT2D eigenvalue weighted by molar-refractivity contribution is 5.81. The third kappa shape index (κ3) is 2.67. The lowest BCUT2D eigenvalue weighted by Crippen LogP contribution is -2.49.